The van der Waals surface area contributed by atoms with Gasteiger partial charge in [0.05, 0.1) is 0 Å². The predicted molar refractivity (Wildman–Crippen MR) is 80.4 cm³/mol. The van der Waals surface area contributed by atoms with E-state index < -0.39 is 17.9 Å². The smallest absolute Gasteiger partial charge is 0.406 e. The van der Waals surface area contributed by atoms with E-state index in [0.717, 1.165) is 44.4 Å². The number of ether oxygens (including phenoxy) is 1. The summed E-state index contributed by atoms with van der Waals surface area (Å²) in [4.78, 5) is 2.02. The molecule has 1 aliphatic rings. The topological polar surface area (TPSA) is 24.5 Å². The van der Waals surface area contributed by atoms with E-state index in [0.29, 0.717) is 0 Å². The molecular formula is C13H18Cl2F4N2O. The summed E-state index contributed by atoms with van der Waals surface area (Å²) < 4.78 is 54.3. The average molecular weight is 365 g/mol. The molecule has 1 aliphatic heterocycles. The molecule has 0 bridgehead atoms. The molecule has 0 aliphatic carbocycles. The molecule has 0 amide bonds. The Morgan fingerprint density at radius 1 is 1.18 bits per heavy atom. The summed E-state index contributed by atoms with van der Waals surface area (Å²) in [5, 5.41) is 3.17. The van der Waals surface area contributed by atoms with Crippen molar-refractivity contribution >= 4 is 24.8 Å². The number of benzene rings is 1. The van der Waals surface area contributed by atoms with Crippen molar-refractivity contribution in [3.05, 3.63) is 29.6 Å². The van der Waals surface area contributed by atoms with Crippen LogP contribution in [0.4, 0.5) is 17.6 Å². The molecule has 1 heterocycles. The predicted octanol–water partition coefficient (Wildman–Crippen LogP) is 3.53. The zero-order chi connectivity index (χ0) is 14.8. The molecule has 0 saturated carbocycles. The van der Waals surface area contributed by atoms with E-state index in [1.165, 1.54) is 0 Å². The summed E-state index contributed by atoms with van der Waals surface area (Å²) in [5.41, 5.74) is 0.216. The maximum Gasteiger partial charge on any atom is 0.573 e. The van der Waals surface area contributed by atoms with Crippen LogP contribution in [0.15, 0.2) is 18.2 Å². The first-order valence-corrected chi connectivity index (χ1v) is 6.37. The molecule has 128 valence electrons. The minimum Gasteiger partial charge on any atom is -0.406 e. The second-order valence-corrected chi connectivity index (χ2v) is 4.69. The van der Waals surface area contributed by atoms with Gasteiger partial charge >= 0.3 is 6.36 Å². The molecular weight excluding hydrogens is 347 g/mol. The molecule has 1 fully saturated rings. The normalized spacial score (nSPS) is 17.1. The van der Waals surface area contributed by atoms with E-state index in [-0.39, 0.29) is 36.4 Å². The minimum atomic E-state index is -4.77. The fourth-order valence-electron chi connectivity index (χ4n) is 2.31. The molecule has 1 aromatic carbocycles. The lowest BCUT2D eigenvalue weighted by Gasteiger charge is -2.33. The number of rotatable bonds is 3. The van der Waals surface area contributed by atoms with E-state index in [1.807, 2.05) is 4.90 Å². The van der Waals surface area contributed by atoms with Crippen molar-refractivity contribution in [3.8, 4) is 5.75 Å². The number of hydrogen-bond donors (Lipinski definition) is 1. The average Bonchev–Trinajstić information content (AvgIpc) is 2.40. The van der Waals surface area contributed by atoms with Crippen LogP contribution in [-0.4, -0.2) is 37.4 Å². The number of nitrogens with one attached hydrogen (secondary N) is 1. The lowest BCUT2D eigenvalue weighted by atomic mass is 10.1. The first-order valence-electron chi connectivity index (χ1n) is 6.37. The maximum atomic E-state index is 13.8. The highest BCUT2D eigenvalue weighted by atomic mass is 35.5. The maximum absolute atomic E-state index is 13.8. The quantitative estimate of drug-likeness (QED) is 0.830. The number of hydrogen-bond acceptors (Lipinski definition) is 3. The summed E-state index contributed by atoms with van der Waals surface area (Å²) in [6.45, 7) is 4.80. The van der Waals surface area contributed by atoms with Crippen molar-refractivity contribution in [2.45, 2.75) is 19.3 Å². The van der Waals surface area contributed by atoms with Gasteiger partial charge in [0.1, 0.15) is 11.6 Å². The first-order chi connectivity index (χ1) is 9.37. The van der Waals surface area contributed by atoms with Crippen LogP contribution in [0.25, 0.3) is 0 Å². The van der Waals surface area contributed by atoms with Crippen molar-refractivity contribution < 1.29 is 22.3 Å². The van der Waals surface area contributed by atoms with Gasteiger partial charge in [-0.15, -0.1) is 38.0 Å². The Kier molecular flexibility index (Phi) is 8.46. The van der Waals surface area contributed by atoms with Crippen LogP contribution >= 0.6 is 24.8 Å². The minimum absolute atomic E-state index is 0. The lowest BCUT2D eigenvalue weighted by Crippen LogP contribution is -2.44. The van der Waals surface area contributed by atoms with Gasteiger partial charge in [0, 0.05) is 37.8 Å². The highest BCUT2D eigenvalue weighted by molar-refractivity contribution is 5.85. The molecule has 1 aromatic rings. The molecule has 9 heteroatoms. The Morgan fingerprint density at radius 3 is 2.32 bits per heavy atom. The molecule has 3 nitrogen and oxygen atoms in total. The van der Waals surface area contributed by atoms with E-state index in [4.69, 9.17) is 0 Å². The van der Waals surface area contributed by atoms with Crippen molar-refractivity contribution in [2.75, 3.05) is 26.2 Å². The van der Waals surface area contributed by atoms with Gasteiger partial charge in [-0.25, -0.2) is 4.39 Å². The number of halogens is 6. The number of alkyl halides is 3. The monoisotopic (exact) mass is 364 g/mol. The van der Waals surface area contributed by atoms with Gasteiger partial charge < -0.3 is 10.1 Å². The Bertz CT molecular complexity index is 468. The molecule has 1 atom stereocenters. The van der Waals surface area contributed by atoms with Crippen LogP contribution in [0.5, 0.6) is 5.75 Å². The van der Waals surface area contributed by atoms with Gasteiger partial charge in [-0.05, 0) is 25.1 Å². The Balaban J connectivity index is 0.00000220. The molecule has 0 unspecified atom stereocenters. The molecule has 22 heavy (non-hydrogen) atoms. The van der Waals surface area contributed by atoms with Crippen molar-refractivity contribution in [1.82, 2.24) is 10.2 Å². The van der Waals surface area contributed by atoms with Crippen LogP contribution in [0.3, 0.4) is 0 Å². The van der Waals surface area contributed by atoms with Gasteiger partial charge in [-0.2, -0.15) is 0 Å². The van der Waals surface area contributed by atoms with Crippen LogP contribution in [0.2, 0.25) is 0 Å². The molecule has 1 N–H and O–H groups in total. The summed E-state index contributed by atoms with van der Waals surface area (Å²) in [6, 6.07) is 2.82. The summed E-state index contributed by atoms with van der Waals surface area (Å²) in [7, 11) is 0. The SMILES string of the molecule is C[C@H](c1cc(OC(F)(F)F)ccc1F)N1CCNCC1.Cl.Cl. The third-order valence-electron chi connectivity index (χ3n) is 3.35. The largest absolute Gasteiger partial charge is 0.573 e. The Morgan fingerprint density at radius 2 is 1.77 bits per heavy atom. The van der Waals surface area contributed by atoms with E-state index in [1.54, 1.807) is 6.92 Å². The molecule has 0 spiro atoms. The number of piperazine rings is 1. The molecule has 2 rings (SSSR count). The Hall–Kier alpha value is -0.760. The standard InChI is InChI=1S/C13H16F4N2O.2ClH/c1-9(19-6-4-18-5-7-19)11-8-10(2-3-12(11)14)20-13(15,16)17;;/h2-3,8-9,18H,4-7H2,1H3;2*1H/t9-;;/m1../s1. The number of nitrogens with zero attached hydrogens (tertiary/aromatic N) is 1. The van der Waals surface area contributed by atoms with Crippen LogP contribution in [0, 0.1) is 5.82 Å². The van der Waals surface area contributed by atoms with Gasteiger partial charge in [-0.3, -0.25) is 4.90 Å². The third kappa shape index (κ3) is 5.79. The van der Waals surface area contributed by atoms with Gasteiger partial charge in [-0.1, -0.05) is 0 Å². The molecule has 1 saturated heterocycles. The second-order valence-electron chi connectivity index (χ2n) is 4.69. The highest BCUT2D eigenvalue weighted by Gasteiger charge is 2.31. The zero-order valence-corrected chi connectivity index (χ0v) is 13.5. The van der Waals surface area contributed by atoms with E-state index in [9.17, 15) is 17.6 Å². The van der Waals surface area contributed by atoms with Gasteiger partial charge in [0.2, 0.25) is 0 Å². The van der Waals surface area contributed by atoms with Crippen LogP contribution in [-0.2, 0) is 0 Å². The fourth-order valence-corrected chi connectivity index (χ4v) is 2.31. The Labute approximate surface area is 138 Å². The summed E-state index contributed by atoms with van der Waals surface area (Å²) >= 11 is 0. The van der Waals surface area contributed by atoms with Gasteiger partial charge in [0.15, 0.2) is 0 Å². The fraction of sp³-hybridized carbons (Fsp3) is 0.538. The van der Waals surface area contributed by atoms with Crippen molar-refractivity contribution in [3.63, 3.8) is 0 Å². The summed E-state index contributed by atoms with van der Waals surface area (Å²) in [6.07, 6.45) is -4.77. The third-order valence-corrected chi connectivity index (χ3v) is 3.35. The van der Waals surface area contributed by atoms with Gasteiger partial charge in [0.25, 0.3) is 0 Å². The van der Waals surface area contributed by atoms with E-state index in [2.05, 4.69) is 10.1 Å². The first kappa shape index (κ1) is 21.2. The van der Waals surface area contributed by atoms with Crippen LogP contribution in [0.1, 0.15) is 18.5 Å². The van der Waals surface area contributed by atoms with Crippen molar-refractivity contribution in [2.24, 2.45) is 0 Å². The van der Waals surface area contributed by atoms with Crippen molar-refractivity contribution in [1.29, 1.82) is 0 Å². The molecule has 0 aromatic heterocycles. The zero-order valence-electron chi connectivity index (χ0n) is 11.8. The molecule has 0 radical (unpaired) electrons. The highest BCUT2D eigenvalue weighted by Crippen LogP contribution is 2.29. The summed E-state index contributed by atoms with van der Waals surface area (Å²) in [5.74, 6) is -0.915. The van der Waals surface area contributed by atoms with Crippen LogP contribution < -0.4 is 10.1 Å². The lowest BCUT2D eigenvalue weighted by molar-refractivity contribution is -0.274. The van der Waals surface area contributed by atoms with E-state index >= 15 is 0 Å². The second kappa shape index (κ2) is 8.76.